The van der Waals surface area contributed by atoms with Crippen molar-refractivity contribution >= 4 is 36.0 Å². The number of guanidine groups is 1. The van der Waals surface area contributed by atoms with Crippen molar-refractivity contribution in [2.75, 3.05) is 26.7 Å². The number of hydrogen-bond acceptors (Lipinski definition) is 3. The first-order valence-electron chi connectivity index (χ1n) is 7.92. The molecule has 0 saturated carbocycles. The molecule has 0 bridgehead atoms. The Kier molecular flexibility index (Phi) is 10.3. The molecule has 1 saturated heterocycles. The van der Waals surface area contributed by atoms with Crippen LogP contribution >= 0.6 is 24.0 Å². The third-order valence-electron chi connectivity index (χ3n) is 3.25. The standard InChI is InChI=1S/C16H30N4O2.HI/c1-6-7-8-10-18-14(17-5)20-11-9-13(12-20)19-15(21)22-16(2,3)4;/h6-7,13H,8-12H2,1-5H3,(H,17,18)(H,19,21);1H. The van der Waals surface area contributed by atoms with Crippen LogP contribution < -0.4 is 10.6 Å². The summed E-state index contributed by atoms with van der Waals surface area (Å²) in [7, 11) is 1.78. The molecule has 134 valence electrons. The highest BCUT2D eigenvalue weighted by molar-refractivity contribution is 14.0. The van der Waals surface area contributed by atoms with Gasteiger partial charge in [-0.1, -0.05) is 12.2 Å². The number of carbonyl (C=O) groups is 1. The van der Waals surface area contributed by atoms with Gasteiger partial charge in [0.15, 0.2) is 5.96 Å². The van der Waals surface area contributed by atoms with Crippen molar-refractivity contribution in [3.05, 3.63) is 12.2 Å². The van der Waals surface area contributed by atoms with E-state index in [4.69, 9.17) is 4.74 Å². The number of nitrogens with zero attached hydrogens (tertiary/aromatic N) is 2. The SMILES string of the molecule is CC=CCCNC(=NC)N1CCC(NC(=O)OC(C)(C)C)C1.I. The highest BCUT2D eigenvalue weighted by atomic mass is 127. The van der Waals surface area contributed by atoms with Crippen molar-refractivity contribution in [2.24, 2.45) is 4.99 Å². The molecule has 1 rings (SSSR count). The van der Waals surface area contributed by atoms with Crippen molar-refractivity contribution in [1.82, 2.24) is 15.5 Å². The lowest BCUT2D eigenvalue weighted by atomic mass is 10.2. The first-order chi connectivity index (χ1) is 10.4. The van der Waals surface area contributed by atoms with Crippen molar-refractivity contribution in [1.29, 1.82) is 0 Å². The van der Waals surface area contributed by atoms with E-state index in [-0.39, 0.29) is 36.1 Å². The molecule has 2 N–H and O–H groups in total. The van der Waals surface area contributed by atoms with E-state index in [1.54, 1.807) is 7.05 Å². The fraction of sp³-hybridized carbons (Fsp3) is 0.750. The highest BCUT2D eigenvalue weighted by Crippen LogP contribution is 2.11. The van der Waals surface area contributed by atoms with E-state index in [0.717, 1.165) is 38.4 Å². The van der Waals surface area contributed by atoms with Gasteiger partial charge in [-0.3, -0.25) is 4.99 Å². The zero-order valence-electron chi connectivity index (χ0n) is 14.9. The van der Waals surface area contributed by atoms with E-state index in [1.807, 2.05) is 33.8 Å². The van der Waals surface area contributed by atoms with Gasteiger partial charge in [0.1, 0.15) is 5.60 Å². The van der Waals surface area contributed by atoms with Crippen LogP contribution in [0.2, 0.25) is 0 Å². The summed E-state index contributed by atoms with van der Waals surface area (Å²) in [5, 5.41) is 6.26. The molecule has 1 aliphatic rings. The van der Waals surface area contributed by atoms with E-state index in [1.165, 1.54) is 0 Å². The van der Waals surface area contributed by atoms with E-state index in [0.29, 0.717) is 0 Å². The average molecular weight is 438 g/mol. The van der Waals surface area contributed by atoms with Gasteiger partial charge in [0.25, 0.3) is 0 Å². The molecule has 1 fully saturated rings. The summed E-state index contributed by atoms with van der Waals surface area (Å²) in [6, 6.07) is 0.101. The monoisotopic (exact) mass is 438 g/mol. The molecule has 23 heavy (non-hydrogen) atoms. The first kappa shape index (κ1) is 22.0. The minimum Gasteiger partial charge on any atom is -0.444 e. The minimum atomic E-state index is -0.466. The molecule has 1 unspecified atom stereocenters. The third-order valence-corrected chi connectivity index (χ3v) is 3.25. The summed E-state index contributed by atoms with van der Waals surface area (Å²) in [6.45, 7) is 10.1. The van der Waals surface area contributed by atoms with Crippen molar-refractivity contribution < 1.29 is 9.53 Å². The molecule has 0 spiro atoms. The number of hydrogen-bond donors (Lipinski definition) is 2. The molecule has 7 heteroatoms. The Morgan fingerprint density at radius 2 is 2.13 bits per heavy atom. The van der Waals surface area contributed by atoms with Gasteiger partial charge < -0.3 is 20.3 Å². The number of aliphatic imine (C=N–C) groups is 1. The van der Waals surface area contributed by atoms with Crippen LogP contribution in [0.4, 0.5) is 4.79 Å². The van der Waals surface area contributed by atoms with Crippen LogP contribution in [-0.4, -0.2) is 55.3 Å². The predicted octanol–water partition coefficient (Wildman–Crippen LogP) is 2.75. The van der Waals surface area contributed by atoms with Crippen LogP contribution in [0.25, 0.3) is 0 Å². The second-order valence-electron chi connectivity index (χ2n) is 6.41. The van der Waals surface area contributed by atoms with Gasteiger partial charge in [0.05, 0.1) is 6.04 Å². The molecule has 0 aromatic rings. The average Bonchev–Trinajstić information content (AvgIpc) is 2.85. The number of carbonyl (C=O) groups excluding carboxylic acids is 1. The van der Waals surface area contributed by atoms with Crippen molar-refractivity contribution in [3.8, 4) is 0 Å². The number of nitrogens with one attached hydrogen (secondary N) is 2. The zero-order chi connectivity index (χ0) is 16.6. The first-order valence-corrected chi connectivity index (χ1v) is 7.92. The van der Waals surface area contributed by atoms with E-state index < -0.39 is 5.60 Å². The number of likely N-dealkylation sites (tertiary alicyclic amines) is 1. The Balaban J connectivity index is 0.00000484. The smallest absolute Gasteiger partial charge is 0.407 e. The lowest BCUT2D eigenvalue weighted by molar-refractivity contribution is 0.0507. The summed E-state index contributed by atoms with van der Waals surface area (Å²) in [5.74, 6) is 0.887. The fourth-order valence-corrected chi connectivity index (χ4v) is 2.31. The Morgan fingerprint density at radius 1 is 1.43 bits per heavy atom. The molecular formula is C16H31IN4O2. The second-order valence-corrected chi connectivity index (χ2v) is 6.41. The molecule has 1 amide bonds. The summed E-state index contributed by atoms with van der Waals surface area (Å²) in [6.07, 6.45) is 5.69. The molecule has 0 aromatic carbocycles. The Labute approximate surface area is 157 Å². The van der Waals surface area contributed by atoms with Crippen LogP contribution in [0, 0.1) is 0 Å². The predicted molar refractivity (Wildman–Crippen MR) is 106 cm³/mol. The maximum absolute atomic E-state index is 11.8. The quantitative estimate of drug-likeness (QED) is 0.233. The van der Waals surface area contributed by atoms with Gasteiger partial charge in [-0.05, 0) is 40.5 Å². The summed E-state index contributed by atoms with van der Waals surface area (Å²) >= 11 is 0. The van der Waals surface area contributed by atoms with Gasteiger partial charge in [-0.25, -0.2) is 4.79 Å². The molecule has 0 aliphatic carbocycles. The summed E-state index contributed by atoms with van der Waals surface area (Å²) in [4.78, 5) is 18.3. The maximum atomic E-state index is 11.8. The van der Waals surface area contributed by atoms with E-state index >= 15 is 0 Å². The lowest BCUT2D eigenvalue weighted by Crippen LogP contribution is -2.44. The highest BCUT2D eigenvalue weighted by Gasteiger charge is 2.27. The van der Waals surface area contributed by atoms with Crippen LogP contribution in [-0.2, 0) is 4.74 Å². The molecular weight excluding hydrogens is 407 g/mol. The zero-order valence-corrected chi connectivity index (χ0v) is 17.2. The maximum Gasteiger partial charge on any atom is 0.407 e. The second kappa shape index (κ2) is 10.7. The lowest BCUT2D eigenvalue weighted by Gasteiger charge is -2.23. The molecule has 1 atom stereocenters. The molecule has 1 aliphatic heterocycles. The van der Waals surface area contributed by atoms with E-state index in [9.17, 15) is 4.79 Å². The number of ether oxygens (including phenoxy) is 1. The summed E-state index contributed by atoms with van der Waals surface area (Å²) < 4.78 is 5.29. The van der Waals surface area contributed by atoms with E-state index in [2.05, 4.69) is 26.6 Å². The summed E-state index contributed by atoms with van der Waals surface area (Å²) in [5.41, 5.74) is -0.466. The van der Waals surface area contributed by atoms with Crippen LogP contribution in [0.15, 0.2) is 17.1 Å². The van der Waals surface area contributed by atoms with Gasteiger partial charge >= 0.3 is 6.09 Å². The Morgan fingerprint density at radius 3 is 2.70 bits per heavy atom. The number of amides is 1. The normalized spacial score (nSPS) is 18.7. The molecule has 6 nitrogen and oxygen atoms in total. The van der Waals surface area contributed by atoms with Crippen molar-refractivity contribution in [2.45, 2.75) is 52.2 Å². The third kappa shape index (κ3) is 9.02. The van der Waals surface area contributed by atoms with Gasteiger partial charge in [0, 0.05) is 26.7 Å². The molecule has 0 aromatic heterocycles. The van der Waals surface area contributed by atoms with Gasteiger partial charge in [-0.2, -0.15) is 0 Å². The number of alkyl carbamates (subject to hydrolysis) is 1. The number of rotatable bonds is 4. The van der Waals surface area contributed by atoms with Crippen LogP contribution in [0.1, 0.15) is 40.5 Å². The topological polar surface area (TPSA) is 66.0 Å². The largest absolute Gasteiger partial charge is 0.444 e. The van der Waals surface area contributed by atoms with Gasteiger partial charge in [0.2, 0.25) is 0 Å². The van der Waals surface area contributed by atoms with Crippen LogP contribution in [0.5, 0.6) is 0 Å². The number of allylic oxidation sites excluding steroid dienone is 1. The van der Waals surface area contributed by atoms with Gasteiger partial charge in [-0.15, -0.1) is 24.0 Å². The minimum absolute atomic E-state index is 0. The molecule has 0 radical (unpaired) electrons. The van der Waals surface area contributed by atoms with Crippen LogP contribution in [0.3, 0.4) is 0 Å². The van der Waals surface area contributed by atoms with Crippen molar-refractivity contribution in [3.63, 3.8) is 0 Å². The Hall–Kier alpha value is -0.990. The molecule has 1 heterocycles. The number of halogens is 1. The fourth-order valence-electron chi connectivity index (χ4n) is 2.31. The Bertz CT molecular complexity index is 419.